The highest BCUT2D eigenvalue weighted by Crippen LogP contribution is 2.27. The molecule has 0 N–H and O–H groups in total. The number of hydrogen-bond acceptors (Lipinski definition) is 8. The fraction of sp³-hybridized carbons (Fsp3) is 0.267. The lowest BCUT2D eigenvalue weighted by atomic mass is 10.3. The molecule has 0 saturated carbocycles. The van der Waals surface area contributed by atoms with Crippen molar-refractivity contribution in [3.8, 4) is 17.5 Å². The van der Waals surface area contributed by atoms with Gasteiger partial charge in [-0.25, -0.2) is 4.79 Å². The molecule has 0 bridgehead atoms. The Kier molecular flexibility index (Phi) is 6.04. The molecule has 8 heteroatoms. The van der Waals surface area contributed by atoms with Crippen molar-refractivity contribution in [1.29, 1.82) is 0 Å². The van der Waals surface area contributed by atoms with Gasteiger partial charge in [0.15, 0.2) is 5.16 Å². The van der Waals surface area contributed by atoms with Gasteiger partial charge in [-0.05, 0) is 23.9 Å². The van der Waals surface area contributed by atoms with E-state index in [4.69, 9.17) is 18.9 Å². The zero-order valence-electron chi connectivity index (χ0n) is 12.9. The molecule has 0 fully saturated rings. The fourth-order valence-electron chi connectivity index (χ4n) is 1.58. The summed E-state index contributed by atoms with van der Waals surface area (Å²) in [5, 5.41) is 0.271. The first kappa shape index (κ1) is 16.9. The average Bonchev–Trinajstić information content (AvgIpc) is 2.60. The van der Waals surface area contributed by atoms with Crippen molar-refractivity contribution in [2.45, 2.75) is 10.6 Å². The molecule has 1 aromatic carbocycles. The maximum atomic E-state index is 11.9. The van der Waals surface area contributed by atoms with E-state index in [2.05, 4.69) is 9.97 Å². The van der Waals surface area contributed by atoms with E-state index < -0.39 is 11.4 Å². The van der Waals surface area contributed by atoms with Crippen molar-refractivity contribution in [3.63, 3.8) is 0 Å². The second-order valence-corrected chi connectivity index (χ2v) is 5.17. The van der Waals surface area contributed by atoms with Gasteiger partial charge >= 0.3 is 5.97 Å². The van der Waals surface area contributed by atoms with E-state index in [1.54, 1.807) is 24.3 Å². The third kappa shape index (κ3) is 4.75. The van der Waals surface area contributed by atoms with Crippen LogP contribution in [0.25, 0.3) is 0 Å². The molecular weight excluding hydrogens is 320 g/mol. The van der Waals surface area contributed by atoms with Gasteiger partial charge in [0.25, 0.3) is 0 Å². The third-order valence-corrected chi connectivity index (χ3v) is 3.57. The van der Waals surface area contributed by atoms with Gasteiger partial charge < -0.3 is 18.9 Å². The second-order valence-electron chi connectivity index (χ2n) is 4.14. The van der Waals surface area contributed by atoms with Crippen LogP contribution in [0.15, 0.2) is 41.6 Å². The summed E-state index contributed by atoms with van der Waals surface area (Å²) < 4.78 is 20.6. The molecule has 0 saturated heterocycles. The molecule has 1 atom stereocenters. The SMILES string of the molecule is COC(=O)C(Oc1ccccc1)Sc1nc(OC)cc(OC)n1. The minimum Gasteiger partial charge on any atom is -0.481 e. The number of esters is 1. The number of aromatic nitrogens is 2. The zero-order chi connectivity index (χ0) is 16.7. The van der Waals surface area contributed by atoms with Crippen LogP contribution in [0.4, 0.5) is 0 Å². The minimum absolute atomic E-state index is 0.271. The van der Waals surface area contributed by atoms with E-state index in [1.165, 1.54) is 27.4 Å². The van der Waals surface area contributed by atoms with Crippen LogP contribution in [-0.4, -0.2) is 42.7 Å². The number of thioether (sulfide) groups is 1. The highest BCUT2D eigenvalue weighted by Gasteiger charge is 2.25. The Bertz CT molecular complexity index is 631. The Hall–Kier alpha value is -2.48. The average molecular weight is 336 g/mol. The van der Waals surface area contributed by atoms with Gasteiger partial charge in [0, 0.05) is 0 Å². The minimum atomic E-state index is -0.959. The molecule has 1 heterocycles. The molecule has 1 aromatic heterocycles. The Balaban J connectivity index is 2.22. The summed E-state index contributed by atoms with van der Waals surface area (Å²) in [7, 11) is 4.25. The topological polar surface area (TPSA) is 79.8 Å². The summed E-state index contributed by atoms with van der Waals surface area (Å²) in [4.78, 5) is 20.3. The standard InChI is InChI=1S/C15H16N2O5S/c1-19-11-9-12(20-2)17-15(16-11)23-14(13(18)21-3)22-10-7-5-4-6-8-10/h4-9,14H,1-3H3. The molecule has 122 valence electrons. The van der Waals surface area contributed by atoms with Crippen molar-refractivity contribution < 1.29 is 23.7 Å². The summed E-state index contributed by atoms with van der Waals surface area (Å²) in [5.41, 5.74) is -0.959. The number of carbonyl (C=O) groups is 1. The van der Waals surface area contributed by atoms with Crippen LogP contribution in [0.5, 0.6) is 17.5 Å². The zero-order valence-corrected chi connectivity index (χ0v) is 13.7. The molecule has 0 amide bonds. The van der Waals surface area contributed by atoms with Crippen molar-refractivity contribution in [3.05, 3.63) is 36.4 Å². The predicted octanol–water partition coefficient (Wildman–Crippen LogP) is 2.16. The number of rotatable bonds is 7. The first-order valence-corrected chi connectivity index (χ1v) is 7.47. The number of carbonyl (C=O) groups excluding carboxylic acids is 1. The van der Waals surface area contributed by atoms with Gasteiger partial charge in [0.05, 0.1) is 27.4 Å². The van der Waals surface area contributed by atoms with Crippen molar-refractivity contribution in [1.82, 2.24) is 9.97 Å². The molecule has 2 aromatic rings. The number of para-hydroxylation sites is 1. The van der Waals surface area contributed by atoms with Crippen LogP contribution in [-0.2, 0) is 9.53 Å². The smallest absolute Gasteiger partial charge is 0.358 e. The van der Waals surface area contributed by atoms with Crippen LogP contribution >= 0.6 is 11.8 Å². The molecule has 1 unspecified atom stereocenters. The molecule has 7 nitrogen and oxygen atoms in total. The van der Waals surface area contributed by atoms with Gasteiger partial charge in [-0.3, -0.25) is 0 Å². The van der Waals surface area contributed by atoms with E-state index in [-0.39, 0.29) is 5.16 Å². The Morgan fingerprint density at radius 3 is 2.17 bits per heavy atom. The van der Waals surface area contributed by atoms with Crippen molar-refractivity contribution in [2.75, 3.05) is 21.3 Å². The predicted molar refractivity (Wildman–Crippen MR) is 83.9 cm³/mol. The van der Waals surface area contributed by atoms with Crippen molar-refractivity contribution in [2.24, 2.45) is 0 Å². The van der Waals surface area contributed by atoms with E-state index in [0.29, 0.717) is 17.5 Å². The van der Waals surface area contributed by atoms with E-state index >= 15 is 0 Å². The van der Waals surface area contributed by atoms with E-state index in [1.807, 2.05) is 6.07 Å². The van der Waals surface area contributed by atoms with Gasteiger partial charge in [-0.15, -0.1) is 0 Å². The number of benzene rings is 1. The number of nitrogens with zero attached hydrogens (tertiary/aromatic N) is 2. The molecular formula is C15H16N2O5S. The third-order valence-electron chi connectivity index (χ3n) is 2.67. The monoisotopic (exact) mass is 336 g/mol. The van der Waals surface area contributed by atoms with Gasteiger partial charge in [0.1, 0.15) is 5.75 Å². The van der Waals surface area contributed by atoms with Gasteiger partial charge in [-0.1, -0.05) is 18.2 Å². The largest absolute Gasteiger partial charge is 0.481 e. The number of methoxy groups -OCH3 is 3. The van der Waals surface area contributed by atoms with E-state index in [0.717, 1.165) is 11.8 Å². The molecule has 0 radical (unpaired) electrons. The summed E-state index contributed by atoms with van der Waals surface area (Å²) in [6, 6.07) is 10.5. The van der Waals surface area contributed by atoms with Crippen LogP contribution in [0.3, 0.4) is 0 Å². The second kappa shape index (κ2) is 8.23. The number of hydrogen-bond donors (Lipinski definition) is 0. The molecule has 0 aliphatic heterocycles. The van der Waals surface area contributed by atoms with E-state index in [9.17, 15) is 4.79 Å². The van der Waals surface area contributed by atoms with Crippen LogP contribution in [0, 0.1) is 0 Å². The molecule has 0 spiro atoms. The van der Waals surface area contributed by atoms with Crippen molar-refractivity contribution >= 4 is 17.7 Å². The molecule has 23 heavy (non-hydrogen) atoms. The first-order valence-electron chi connectivity index (χ1n) is 6.59. The Morgan fingerprint density at radius 1 is 1.04 bits per heavy atom. The fourth-order valence-corrected chi connectivity index (χ4v) is 2.41. The summed E-state index contributed by atoms with van der Waals surface area (Å²) in [6.07, 6.45) is 0. The highest BCUT2D eigenvalue weighted by atomic mass is 32.2. The Labute approximate surface area is 137 Å². The maximum Gasteiger partial charge on any atom is 0.358 e. The molecule has 0 aliphatic carbocycles. The van der Waals surface area contributed by atoms with Crippen LogP contribution < -0.4 is 14.2 Å². The number of ether oxygens (including phenoxy) is 4. The summed E-state index contributed by atoms with van der Waals surface area (Å²) in [6.45, 7) is 0. The maximum absolute atomic E-state index is 11.9. The Morgan fingerprint density at radius 2 is 1.65 bits per heavy atom. The molecule has 0 aliphatic rings. The lowest BCUT2D eigenvalue weighted by Gasteiger charge is -2.16. The van der Waals surface area contributed by atoms with Crippen LogP contribution in [0.2, 0.25) is 0 Å². The van der Waals surface area contributed by atoms with Gasteiger partial charge in [0.2, 0.25) is 17.2 Å². The summed E-state index contributed by atoms with van der Waals surface area (Å²) >= 11 is 0.996. The molecule has 2 rings (SSSR count). The lowest BCUT2D eigenvalue weighted by Crippen LogP contribution is -2.25. The lowest BCUT2D eigenvalue weighted by molar-refractivity contribution is -0.144. The van der Waals surface area contributed by atoms with Gasteiger partial charge in [-0.2, -0.15) is 9.97 Å². The quantitative estimate of drug-likeness (QED) is 0.329. The summed E-state index contributed by atoms with van der Waals surface area (Å²) in [5.74, 6) is 0.625. The highest BCUT2D eigenvalue weighted by molar-refractivity contribution is 8.00. The van der Waals surface area contributed by atoms with Crippen LogP contribution in [0.1, 0.15) is 0 Å². The normalized spacial score (nSPS) is 11.4. The first-order chi connectivity index (χ1) is 11.2.